The van der Waals surface area contributed by atoms with Crippen LogP contribution in [-0.2, 0) is 6.42 Å². The number of carboxylic acids is 1. The number of pyridine rings is 1. The standard InChI is InChI=1S/C13H14N2O3/c14-6-2-3-8-7-10(13(17)18)15-12-9(8)4-1-5-11(12)16/h1,4-5,7,16H,2-3,6,14H2,(H,17,18). The smallest absolute Gasteiger partial charge is 0.354 e. The first-order chi connectivity index (χ1) is 8.63. The molecule has 0 amide bonds. The van der Waals surface area contributed by atoms with Crippen molar-refractivity contribution in [2.75, 3.05) is 6.54 Å². The molecule has 0 radical (unpaired) electrons. The molecule has 5 nitrogen and oxygen atoms in total. The van der Waals surface area contributed by atoms with Crippen LogP contribution in [0.5, 0.6) is 5.75 Å². The molecule has 0 fully saturated rings. The summed E-state index contributed by atoms with van der Waals surface area (Å²) >= 11 is 0. The maximum Gasteiger partial charge on any atom is 0.354 e. The number of phenolic OH excluding ortho intramolecular Hbond substituents is 1. The molecule has 0 unspecified atom stereocenters. The predicted molar refractivity (Wildman–Crippen MR) is 67.7 cm³/mol. The van der Waals surface area contributed by atoms with E-state index < -0.39 is 5.97 Å². The van der Waals surface area contributed by atoms with Gasteiger partial charge in [-0.2, -0.15) is 0 Å². The lowest BCUT2D eigenvalue weighted by atomic mass is 10.0. The lowest BCUT2D eigenvalue weighted by Gasteiger charge is -2.08. The molecular formula is C13H14N2O3. The van der Waals surface area contributed by atoms with Gasteiger partial charge in [-0.3, -0.25) is 0 Å². The Bertz CT molecular complexity index is 596. The van der Waals surface area contributed by atoms with Gasteiger partial charge >= 0.3 is 5.97 Å². The highest BCUT2D eigenvalue weighted by molar-refractivity contribution is 5.93. The number of hydrogen-bond acceptors (Lipinski definition) is 4. The van der Waals surface area contributed by atoms with Crippen LogP contribution >= 0.6 is 0 Å². The summed E-state index contributed by atoms with van der Waals surface area (Å²) in [5.41, 5.74) is 6.58. The lowest BCUT2D eigenvalue weighted by Crippen LogP contribution is -2.05. The highest BCUT2D eigenvalue weighted by atomic mass is 16.4. The van der Waals surface area contributed by atoms with Crippen molar-refractivity contribution in [2.24, 2.45) is 5.73 Å². The first kappa shape index (κ1) is 12.3. The minimum absolute atomic E-state index is 0.00963. The SMILES string of the molecule is NCCCc1cc(C(=O)O)nc2c(O)cccc12. The number of hydrogen-bond donors (Lipinski definition) is 3. The number of carboxylic acid groups (broad SMARTS) is 1. The second-order valence-corrected chi connectivity index (χ2v) is 4.04. The molecule has 18 heavy (non-hydrogen) atoms. The minimum Gasteiger partial charge on any atom is -0.506 e. The van der Waals surface area contributed by atoms with Gasteiger partial charge in [0.15, 0.2) is 0 Å². The number of nitrogens with two attached hydrogens (primary N) is 1. The second-order valence-electron chi connectivity index (χ2n) is 4.04. The highest BCUT2D eigenvalue weighted by Gasteiger charge is 2.12. The van der Waals surface area contributed by atoms with E-state index in [-0.39, 0.29) is 11.4 Å². The number of carbonyl (C=O) groups is 1. The van der Waals surface area contributed by atoms with Gasteiger partial charge in [0.1, 0.15) is 17.0 Å². The summed E-state index contributed by atoms with van der Waals surface area (Å²) in [6.45, 7) is 0.533. The first-order valence-electron chi connectivity index (χ1n) is 5.68. The lowest BCUT2D eigenvalue weighted by molar-refractivity contribution is 0.0691. The van der Waals surface area contributed by atoms with Gasteiger partial charge in [-0.25, -0.2) is 9.78 Å². The van der Waals surface area contributed by atoms with E-state index in [1.165, 1.54) is 6.07 Å². The van der Waals surface area contributed by atoms with Crippen molar-refractivity contribution < 1.29 is 15.0 Å². The van der Waals surface area contributed by atoms with Crippen molar-refractivity contribution in [3.8, 4) is 5.75 Å². The fraction of sp³-hybridized carbons (Fsp3) is 0.231. The Morgan fingerprint density at radius 2 is 2.17 bits per heavy atom. The van der Waals surface area contributed by atoms with Crippen LogP contribution in [0.2, 0.25) is 0 Å². The van der Waals surface area contributed by atoms with E-state index in [9.17, 15) is 9.90 Å². The van der Waals surface area contributed by atoms with E-state index in [1.807, 2.05) is 6.07 Å². The zero-order valence-corrected chi connectivity index (χ0v) is 9.76. The van der Waals surface area contributed by atoms with Crippen molar-refractivity contribution in [3.05, 3.63) is 35.5 Å². The Morgan fingerprint density at radius 3 is 2.83 bits per heavy atom. The average molecular weight is 246 g/mol. The molecule has 0 bridgehead atoms. The molecule has 1 heterocycles. The van der Waals surface area contributed by atoms with E-state index in [4.69, 9.17) is 10.8 Å². The molecule has 1 aromatic heterocycles. The zero-order valence-electron chi connectivity index (χ0n) is 9.76. The Hall–Kier alpha value is -2.14. The molecule has 2 rings (SSSR count). The second kappa shape index (κ2) is 5.01. The number of fused-ring (bicyclic) bond motifs is 1. The minimum atomic E-state index is -1.10. The zero-order chi connectivity index (χ0) is 13.1. The van der Waals surface area contributed by atoms with E-state index >= 15 is 0 Å². The fourth-order valence-electron chi connectivity index (χ4n) is 1.91. The summed E-state index contributed by atoms with van der Waals surface area (Å²) < 4.78 is 0. The number of rotatable bonds is 4. The number of para-hydroxylation sites is 1. The number of benzene rings is 1. The molecule has 5 heteroatoms. The third kappa shape index (κ3) is 2.26. The quantitative estimate of drug-likeness (QED) is 0.760. The Kier molecular flexibility index (Phi) is 3.43. The molecule has 94 valence electrons. The van der Waals surface area contributed by atoms with Crippen molar-refractivity contribution in [1.29, 1.82) is 0 Å². The largest absolute Gasteiger partial charge is 0.506 e. The van der Waals surface area contributed by atoms with Crippen LogP contribution in [0.15, 0.2) is 24.3 Å². The summed E-state index contributed by atoms with van der Waals surface area (Å²) in [4.78, 5) is 15.0. The topological polar surface area (TPSA) is 96.4 Å². The number of nitrogens with zero attached hydrogens (tertiary/aromatic N) is 1. The van der Waals surface area contributed by atoms with Crippen LogP contribution < -0.4 is 5.73 Å². The molecule has 0 atom stereocenters. The Morgan fingerprint density at radius 1 is 1.39 bits per heavy atom. The Balaban J connectivity index is 2.65. The van der Waals surface area contributed by atoms with Gasteiger partial charge in [-0.05, 0) is 37.1 Å². The fourth-order valence-corrected chi connectivity index (χ4v) is 1.91. The first-order valence-corrected chi connectivity index (χ1v) is 5.68. The number of aryl methyl sites for hydroxylation is 1. The molecule has 2 aromatic rings. The molecule has 1 aromatic carbocycles. The van der Waals surface area contributed by atoms with Crippen molar-refractivity contribution in [2.45, 2.75) is 12.8 Å². The van der Waals surface area contributed by atoms with E-state index in [0.717, 1.165) is 17.4 Å². The molecule has 0 aliphatic carbocycles. The molecule has 0 spiro atoms. The third-order valence-corrected chi connectivity index (χ3v) is 2.77. The summed E-state index contributed by atoms with van der Waals surface area (Å²) in [5, 5.41) is 19.5. The van der Waals surface area contributed by atoms with Gasteiger partial charge in [0.05, 0.1) is 0 Å². The monoisotopic (exact) mass is 246 g/mol. The summed E-state index contributed by atoms with van der Waals surface area (Å²) in [6.07, 6.45) is 1.42. The van der Waals surface area contributed by atoms with Gasteiger partial charge in [-0.15, -0.1) is 0 Å². The van der Waals surface area contributed by atoms with Crippen molar-refractivity contribution in [1.82, 2.24) is 4.98 Å². The van der Waals surface area contributed by atoms with Crippen LogP contribution in [0, 0.1) is 0 Å². The number of aromatic carboxylic acids is 1. The number of phenols is 1. The molecule has 0 aliphatic heterocycles. The van der Waals surface area contributed by atoms with E-state index in [0.29, 0.717) is 18.5 Å². The normalized spacial score (nSPS) is 10.7. The Labute approximate surface area is 104 Å². The van der Waals surface area contributed by atoms with E-state index in [2.05, 4.69) is 4.98 Å². The molecule has 0 aliphatic rings. The number of aromatic nitrogens is 1. The summed E-state index contributed by atoms with van der Waals surface area (Å²) in [6, 6.07) is 6.57. The van der Waals surface area contributed by atoms with Gasteiger partial charge in [0.25, 0.3) is 0 Å². The molecule has 0 saturated heterocycles. The van der Waals surface area contributed by atoms with E-state index in [1.54, 1.807) is 12.1 Å². The third-order valence-electron chi connectivity index (χ3n) is 2.77. The molecule has 4 N–H and O–H groups in total. The summed E-state index contributed by atoms with van der Waals surface area (Å²) in [5.74, 6) is -1.11. The average Bonchev–Trinajstić information content (AvgIpc) is 2.36. The van der Waals surface area contributed by atoms with Crippen LogP contribution in [0.3, 0.4) is 0 Å². The van der Waals surface area contributed by atoms with Crippen LogP contribution in [0.1, 0.15) is 22.5 Å². The van der Waals surface area contributed by atoms with Crippen LogP contribution in [0.25, 0.3) is 10.9 Å². The maximum absolute atomic E-state index is 11.0. The van der Waals surface area contributed by atoms with Crippen molar-refractivity contribution in [3.63, 3.8) is 0 Å². The number of aromatic hydroxyl groups is 1. The van der Waals surface area contributed by atoms with Gasteiger partial charge < -0.3 is 15.9 Å². The summed E-state index contributed by atoms with van der Waals surface area (Å²) in [7, 11) is 0. The van der Waals surface area contributed by atoms with Gasteiger partial charge in [0, 0.05) is 5.39 Å². The van der Waals surface area contributed by atoms with Crippen LogP contribution in [-0.4, -0.2) is 27.7 Å². The van der Waals surface area contributed by atoms with Crippen LogP contribution in [0.4, 0.5) is 0 Å². The van der Waals surface area contributed by atoms with Gasteiger partial charge in [0.2, 0.25) is 0 Å². The molecular weight excluding hydrogens is 232 g/mol. The van der Waals surface area contributed by atoms with Gasteiger partial charge in [-0.1, -0.05) is 12.1 Å². The highest BCUT2D eigenvalue weighted by Crippen LogP contribution is 2.26. The predicted octanol–water partition coefficient (Wildman–Crippen LogP) is 1.53. The maximum atomic E-state index is 11.0. The van der Waals surface area contributed by atoms with Crippen molar-refractivity contribution >= 4 is 16.9 Å². The molecule has 0 saturated carbocycles.